The summed E-state index contributed by atoms with van der Waals surface area (Å²) < 4.78 is 29.3. The summed E-state index contributed by atoms with van der Waals surface area (Å²) in [5.74, 6) is 0. The van der Waals surface area contributed by atoms with Gasteiger partial charge in [-0.1, -0.05) is 30.3 Å². The van der Waals surface area contributed by atoms with Gasteiger partial charge in [-0.2, -0.15) is 0 Å². The Hall–Kier alpha value is -1.66. The minimum Gasteiger partial charge on any atom is -0.748 e. The lowest BCUT2D eigenvalue weighted by atomic mass is 10.2. The molecule has 0 bridgehead atoms. The Morgan fingerprint density at radius 2 is 1.88 bits per heavy atom. The third-order valence-corrected chi connectivity index (χ3v) is 1.81. The van der Waals surface area contributed by atoms with Crippen molar-refractivity contribution in [1.82, 2.24) is 4.98 Å². The fraction of sp³-hybridized carbons (Fsp3) is 0.182. The maximum atomic E-state index is 9.08. The molecule has 0 aliphatic heterocycles. The summed E-state index contributed by atoms with van der Waals surface area (Å²) in [4.78, 5) is 3.01. The molecule has 2 aromatic rings. The van der Waals surface area contributed by atoms with E-state index >= 15 is 0 Å². The molecule has 17 heavy (non-hydrogen) atoms. The van der Waals surface area contributed by atoms with Crippen LogP contribution in [-0.4, -0.2) is 24.2 Å². The number of aromatic nitrogens is 2. The highest BCUT2D eigenvalue weighted by atomic mass is 32.2. The second kappa shape index (κ2) is 6.17. The molecule has 2 rings (SSSR count). The highest BCUT2D eigenvalue weighted by molar-refractivity contribution is 7.84. The third-order valence-electron chi connectivity index (χ3n) is 1.81. The van der Waals surface area contributed by atoms with Crippen LogP contribution in [0.3, 0.4) is 0 Å². The van der Waals surface area contributed by atoms with E-state index in [9.17, 15) is 0 Å². The number of hydrogen-bond acceptors (Lipinski definition) is 3. The average Bonchev–Trinajstić information content (AvgIpc) is 2.69. The SMILES string of the molecule is CS(=O)(=O)[O-].c1ccc(C[n+]2cc[nH]c2)cc1. The molecule has 1 aromatic carbocycles. The minimum absolute atomic E-state index is 0.604. The smallest absolute Gasteiger partial charge is 0.241 e. The molecule has 0 saturated carbocycles. The van der Waals surface area contributed by atoms with Gasteiger partial charge in [-0.15, -0.1) is 0 Å². The number of aromatic amines is 1. The highest BCUT2D eigenvalue weighted by Gasteiger charge is 1.96. The molecule has 0 saturated heterocycles. The van der Waals surface area contributed by atoms with Gasteiger partial charge in [0.1, 0.15) is 18.9 Å². The van der Waals surface area contributed by atoms with Gasteiger partial charge >= 0.3 is 0 Å². The van der Waals surface area contributed by atoms with Gasteiger partial charge in [0.05, 0.1) is 10.1 Å². The van der Waals surface area contributed by atoms with Crippen LogP contribution in [-0.2, 0) is 16.7 Å². The fourth-order valence-corrected chi connectivity index (χ4v) is 1.21. The number of imidazole rings is 1. The van der Waals surface area contributed by atoms with E-state index in [2.05, 4.69) is 33.8 Å². The van der Waals surface area contributed by atoms with Crippen LogP contribution in [0.1, 0.15) is 5.56 Å². The molecule has 0 fully saturated rings. The Morgan fingerprint density at radius 1 is 1.29 bits per heavy atom. The van der Waals surface area contributed by atoms with E-state index in [-0.39, 0.29) is 0 Å². The zero-order valence-electron chi connectivity index (χ0n) is 9.41. The van der Waals surface area contributed by atoms with Crippen molar-refractivity contribution in [2.45, 2.75) is 6.54 Å². The Morgan fingerprint density at radius 3 is 2.35 bits per heavy atom. The normalized spacial score (nSPS) is 10.5. The largest absolute Gasteiger partial charge is 0.748 e. The van der Waals surface area contributed by atoms with Crippen LogP contribution in [0.25, 0.3) is 0 Å². The van der Waals surface area contributed by atoms with Crippen molar-refractivity contribution in [3.05, 3.63) is 54.6 Å². The molecule has 0 amide bonds. The van der Waals surface area contributed by atoms with Crippen molar-refractivity contribution in [3.8, 4) is 0 Å². The molecule has 0 aliphatic rings. The summed E-state index contributed by atoms with van der Waals surface area (Å²) in [6.45, 7) is 0.935. The van der Waals surface area contributed by atoms with Crippen molar-refractivity contribution in [1.29, 1.82) is 0 Å². The topological polar surface area (TPSA) is 76.9 Å². The van der Waals surface area contributed by atoms with Gasteiger partial charge in [-0.3, -0.25) is 4.98 Å². The van der Waals surface area contributed by atoms with Crippen molar-refractivity contribution < 1.29 is 17.5 Å². The van der Waals surface area contributed by atoms with E-state index in [1.807, 2.05) is 24.8 Å². The lowest BCUT2D eigenvalue weighted by Crippen LogP contribution is -2.30. The lowest BCUT2D eigenvalue weighted by Gasteiger charge is -1.95. The van der Waals surface area contributed by atoms with Crippen LogP contribution in [0, 0.1) is 0 Å². The van der Waals surface area contributed by atoms with Gasteiger partial charge in [0.15, 0.2) is 0 Å². The monoisotopic (exact) mass is 254 g/mol. The zero-order chi connectivity index (χ0) is 12.7. The standard InChI is InChI=1S/C10H10N2.CH4O3S/c1-2-4-10(5-3-1)8-12-7-6-11-9-12;1-5(2,3)4/h1-7,9H,8H2;1H3,(H,2,3,4). The van der Waals surface area contributed by atoms with E-state index in [0.717, 1.165) is 6.54 Å². The predicted octanol–water partition coefficient (Wildman–Crippen LogP) is 0.512. The average molecular weight is 254 g/mol. The molecule has 6 heteroatoms. The van der Waals surface area contributed by atoms with Gasteiger partial charge in [-0.25, -0.2) is 13.0 Å². The number of nitrogens with one attached hydrogen (secondary N) is 1. The Bertz CT molecular complexity index is 513. The van der Waals surface area contributed by atoms with Crippen LogP contribution < -0.4 is 4.57 Å². The van der Waals surface area contributed by atoms with Gasteiger partial charge in [0.25, 0.3) is 0 Å². The molecule has 0 radical (unpaired) electrons. The van der Waals surface area contributed by atoms with Crippen molar-refractivity contribution in [2.75, 3.05) is 6.26 Å². The predicted molar refractivity (Wildman–Crippen MR) is 62.2 cm³/mol. The molecule has 92 valence electrons. The van der Waals surface area contributed by atoms with Crippen LogP contribution in [0.15, 0.2) is 49.1 Å². The number of nitrogens with zero attached hydrogens (tertiary/aromatic N) is 1. The van der Waals surface area contributed by atoms with Crippen molar-refractivity contribution in [2.24, 2.45) is 0 Å². The maximum Gasteiger partial charge on any atom is 0.241 e. The highest BCUT2D eigenvalue weighted by Crippen LogP contribution is 1.96. The summed E-state index contributed by atoms with van der Waals surface area (Å²) >= 11 is 0. The van der Waals surface area contributed by atoms with Crippen molar-refractivity contribution >= 4 is 10.1 Å². The van der Waals surface area contributed by atoms with Gasteiger partial charge in [0, 0.05) is 6.26 Å². The number of benzene rings is 1. The quantitative estimate of drug-likeness (QED) is 0.626. The van der Waals surface area contributed by atoms with Gasteiger partial charge < -0.3 is 4.55 Å². The maximum absolute atomic E-state index is 9.08. The summed E-state index contributed by atoms with van der Waals surface area (Å²) in [5.41, 5.74) is 1.32. The molecule has 1 N–H and O–H groups in total. The number of hydrogen-bond donors (Lipinski definition) is 1. The first-order valence-electron chi connectivity index (χ1n) is 4.92. The molecular formula is C11H14N2O3S. The second-order valence-electron chi connectivity index (χ2n) is 3.47. The Kier molecular flexibility index (Phi) is 4.86. The Balaban J connectivity index is 0.000000249. The van der Waals surface area contributed by atoms with Gasteiger partial charge in [-0.05, 0) is 5.56 Å². The summed E-state index contributed by atoms with van der Waals surface area (Å²) in [6, 6.07) is 10.4. The molecule has 0 spiro atoms. The Labute approximate surface area is 100 Å². The molecular weight excluding hydrogens is 240 g/mol. The van der Waals surface area contributed by atoms with Crippen LogP contribution in [0.5, 0.6) is 0 Å². The first-order chi connectivity index (χ1) is 7.95. The third kappa shape index (κ3) is 7.26. The van der Waals surface area contributed by atoms with E-state index in [4.69, 9.17) is 13.0 Å². The van der Waals surface area contributed by atoms with E-state index in [1.165, 1.54) is 5.56 Å². The molecule has 1 heterocycles. The second-order valence-corrected chi connectivity index (χ2v) is 4.88. The zero-order valence-corrected chi connectivity index (χ0v) is 10.2. The van der Waals surface area contributed by atoms with Crippen LogP contribution in [0.2, 0.25) is 0 Å². The molecule has 0 aliphatic carbocycles. The first-order valence-corrected chi connectivity index (χ1v) is 6.73. The van der Waals surface area contributed by atoms with E-state index < -0.39 is 10.1 Å². The van der Waals surface area contributed by atoms with Crippen LogP contribution in [0.4, 0.5) is 0 Å². The minimum atomic E-state index is -3.92. The van der Waals surface area contributed by atoms with Crippen LogP contribution >= 0.6 is 0 Å². The summed E-state index contributed by atoms with van der Waals surface area (Å²) in [5, 5.41) is 0. The first kappa shape index (κ1) is 13.4. The number of rotatable bonds is 2. The number of H-pyrrole nitrogens is 1. The summed E-state index contributed by atoms with van der Waals surface area (Å²) in [6.07, 6.45) is 6.50. The fourth-order valence-electron chi connectivity index (χ4n) is 1.21. The molecule has 0 atom stereocenters. The molecule has 0 unspecified atom stereocenters. The van der Waals surface area contributed by atoms with Gasteiger partial charge in [0.2, 0.25) is 6.33 Å². The molecule has 1 aromatic heterocycles. The lowest BCUT2D eigenvalue weighted by molar-refractivity contribution is -0.687. The van der Waals surface area contributed by atoms with E-state index in [0.29, 0.717) is 6.26 Å². The molecule has 5 nitrogen and oxygen atoms in total. The summed E-state index contributed by atoms with van der Waals surface area (Å²) in [7, 11) is -3.92. The van der Waals surface area contributed by atoms with Crippen molar-refractivity contribution in [3.63, 3.8) is 0 Å². The van der Waals surface area contributed by atoms with E-state index in [1.54, 1.807) is 0 Å².